The van der Waals surface area contributed by atoms with Crippen LogP contribution in [0.5, 0.6) is 5.75 Å². The van der Waals surface area contributed by atoms with E-state index in [1.807, 2.05) is 0 Å². The van der Waals surface area contributed by atoms with E-state index in [0.717, 1.165) is 37.4 Å². The number of aromatic nitrogens is 1. The monoisotopic (exact) mass is 415 g/mol. The van der Waals surface area contributed by atoms with Crippen molar-refractivity contribution in [2.24, 2.45) is 5.92 Å². The molecule has 29 heavy (non-hydrogen) atoms. The Morgan fingerprint density at radius 3 is 2.69 bits per heavy atom. The lowest BCUT2D eigenvalue weighted by Gasteiger charge is -2.14. The number of benzene rings is 2. The van der Waals surface area contributed by atoms with Crippen molar-refractivity contribution in [2.75, 3.05) is 19.6 Å². The Kier molecular flexibility index (Phi) is 7.44. The molecule has 0 aliphatic rings. The Morgan fingerprint density at radius 1 is 1.10 bits per heavy atom. The Hall–Kier alpha value is -2.19. The first kappa shape index (κ1) is 21.5. The standard InChI is InChI=1S/C22H29N3O3S/c1-14(2)11-24-12-16-5-3-4-15(10-16)8-9-23-13-19(27)17-6-7-18(26)20-21(17)29-22(28)25-20/h3-7,10,14,19,23-24,26-27H,8-9,11-13H2,1-2H3,(H,25,28)/t19-/m0/s1. The number of rotatable bonds is 10. The van der Waals surface area contributed by atoms with Crippen LogP contribution in [0.15, 0.2) is 41.2 Å². The number of thiazole rings is 1. The van der Waals surface area contributed by atoms with E-state index in [9.17, 15) is 15.0 Å². The van der Waals surface area contributed by atoms with Gasteiger partial charge in [-0.2, -0.15) is 0 Å². The number of hydrogen-bond donors (Lipinski definition) is 5. The number of H-pyrrole nitrogens is 1. The summed E-state index contributed by atoms with van der Waals surface area (Å²) in [7, 11) is 0. The minimum absolute atomic E-state index is 0.0185. The fourth-order valence-electron chi connectivity index (χ4n) is 3.28. The number of aromatic hydroxyl groups is 1. The lowest BCUT2D eigenvalue weighted by Crippen LogP contribution is -2.24. The maximum Gasteiger partial charge on any atom is 0.305 e. The van der Waals surface area contributed by atoms with E-state index in [0.29, 0.717) is 28.2 Å². The number of fused-ring (bicyclic) bond motifs is 1. The Balaban J connectivity index is 1.51. The van der Waals surface area contributed by atoms with E-state index in [2.05, 4.69) is 53.7 Å². The number of phenols is 1. The molecule has 3 rings (SSSR count). The average molecular weight is 416 g/mol. The van der Waals surface area contributed by atoms with Crippen molar-refractivity contribution in [2.45, 2.75) is 32.9 Å². The van der Waals surface area contributed by atoms with Crippen LogP contribution in [-0.4, -0.2) is 34.8 Å². The molecule has 0 aliphatic carbocycles. The van der Waals surface area contributed by atoms with Crippen LogP contribution < -0.4 is 15.5 Å². The summed E-state index contributed by atoms with van der Waals surface area (Å²) in [6.45, 7) is 7.39. The van der Waals surface area contributed by atoms with Gasteiger partial charge in [0.25, 0.3) is 0 Å². The molecule has 2 aromatic carbocycles. The van der Waals surface area contributed by atoms with Gasteiger partial charge in [0, 0.05) is 18.7 Å². The number of aliphatic hydroxyl groups is 1. The van der Waals surface area contributed by atoms with Gasteiger partial charge >= 0.3 is 4.87 Å². The van der Waals surface area contributed by atoms with E-state index in [-0.39, 0.29) is 10.6 Å². The molecule has 7 heteroatoms. The minimum atomic E-state index is -0.754. The third-order valence-corrected chi connectivity index (χ3v) is 5.68. The van der Waals surface area contributed by atoms with Crippen LogP contribution in [0.25, 0.3) is 10.2 Å². The second-order valence-corrected chi connectivity index (χ2v) is 8.69. The van der Waals surface area contributed by atoms with Crippen molar-refractivity contribution in [3.63, 3.8) is 0 Å². The molecule has 0 amide bonds. The highest BCUT2D eigenvalue weighted by Gasteiger charge is 2.15. The van der Waals surface area contributed by atoms with Crippen molar-refractivity contribution in [3.05, 3.63) is 62.8 Å². The van der Waals surface area contributed by atoms with Gasteiger partial charge in [0.15, 0.2) is 0 Å². The third-order valence-electron chi connectivity index (χ3n) is 4.75. The van der Waals surface area contributed by atoms with E-state index in [1.54, 1.807) is 6.07 Å². The predicted octanol–water partition coefficient (Wildman–Crippen LogP) is 2.91. The van der Waals surface area contributed by atoms with Crippen molar-refractivity contribution in [3.8, 4) is 5.75 Å². The Morgan fingerprint density at radius 2 is 1.90 bits per heavy atom. The van der Waals surface area contributed by atoms with Crippen molar-refractivity contribution < 1.29 is 10.2 Å². The molecule has 5 N–H and O–H groups in total. The fraction of sp³-hybridized carbons (Fsp3) is 0.409. The second-order valence-electron chi connectivity index (χ2n) is 7.71. The highest BCUT2D eigenvalue weighted by molar-refractivity contribution is 7.16. The zero-order valence-corrected chi connectivity index (χ0v) is 17.7. The maximum absolute atomic E-state index is 11.6. The topological polar surface area (TPSA) is 97.4 Å². The van der Waals surface area contributed by atoms with E-state index in [1.165, 1.54) is 17.2 Å². The minimum Gasteiger partial charge on any atom is -0.506 e. The first-order valence-corrected chi connectivity index (χ1v) is 10.8. The number of phenolic OH excluding ortho intramolecular Hbond substituents is 1. The average Bonchev–Trinajstić information content (AvgIpc) is 3.08. The van der Waals surface area contributed by atoms with Crippen LogP contribution in [0.2, 0.25) is 0 Å². The zero-order chi connectivity index (χ0) is 20.8. The molecule has 0 aliphatic heterocycles. The molecule has 1 heterocycles. The summed E-state index contributed by atoms with van der Waals surface area (Å²) < 4.78 is 0.603. The van der Waals surface area contributed by atoms with E-state index < -0.39 is 6.10 Å². The van der Waals surface area contributed by atoms with Crippen LogP contribution in [0, 0.1) is 5.92 Å². The molecular weight excluding hydrogens is 386 g/mol. The molecule has 6 nitrogen and oxygen atoms in total. The normalized spacial score (nSPS) is 12.7. The van der Waals surface area contributed by atoms with Gasteiger partial charge < -0.3 is 25.8 Å². The molecule has 0 saturated carbocycles. The molecule has 0 bridgehead atoms. The van der Waals surface area contributed by atoms with Crippen LogP contribution in [0.4, 0.5) is 0 Å². The quantitative estimate of drug-likeness (QED) is 0.328. The lowest BCUT2D eigenvalue weighted by molar-refractivity contribution is 0.176. The summed E-state index contributed by atoms with van der Waals surface area (Å²) in [6.07, 6.45) is 0.115. The first-order valence-electron chi connectivity index (χ1n) is 9.96. The van der Waals surface area contributed by atoms with Crippen LogP contribution in [-0.2, 0) is 13.0 Å². The van der Waals surface area contributed by atoms with Crippen molar-refractivity contribution >= 4 is 21.6 Å². The van der Waals surface area contributed by atoms with Gasteiger partial charge in [-0.25, -0.2) is 0 Å². The number of nitrogens with one attached hydrogen (secondary N) is 3. The second kappa shape index (κ2) is 10.0. The molecular formula is C22H29N3O3S. The predicted molar refractivity (Wildman–Crippen MR) is 119 cm³/mol. The maximum atomic E-state index is 11.6. The fourth-order valence-corrected chi connectivity index (χ4v) is 4.20. The van der Waals surface area contributed by atoms with Crippen LogP contribution in [0.3, 0.4) is 0 Å². The van der Waals surface area contributed by atoms with Gasteiger partial charge in [-0.3, -0.25) is 4.79 Å². The summed E-state index contributed by atoms with van der Waals surface area (Å²) in [4.78, 5) is 14.0. The third kappa shape index (κ3) is 5.90. The van der Waals surface area contributed by atoms with E-state index >= 15 is 0 Å². The van der Waals surface area contributed by atoms with Crippen LogP contribution in [0.1, 0.15) is 36.6 Å². The Labute approximate surface area is 174 Å². The largest absolute Gasteiger partial charge is 0.506 e. The molecule has 0 radical (unpaired) electrons. The highest BCUT2D eigenvalue weighted by atomic mass is 32.1. The van der Waals surface area contributed by atoms with Gasteiger partial charge in [0.1, 0.15) is 11.3 Å². The smallest absolute Gasteiger partial charge is 0.305 e. The highest BCUT2D eigenvalue weighted by Crippen LogP contribution is 2.31. The van der Waals surface area contributed by atoms with Crippen molar-refractivity contribution in [1.82, 2.24) is 15.6 Å². The van der Waals surface area contributed by atoms with Gasteiger partial charge in [0.05, 0.1) is 10.8 Å². The van der Waals surface area contributed by atoms with E-state index in [4.69, 9.17) is 0 Å². The number of hydrogen-bond acceptors (Lipinski definition) is 6. The zero-order valence-electron chi connectivity index (χ0n) is 16.9. The molecule has 0 spiro atoms. The lowest BCUT2D eigenvalue weighted by atomic mass is 10.1. The summed E-state index contributed by atoms with van der Waals surface area (Å²) >= 11 is 1.00. The Bertz CT molecular complexity index is 996. The van der Waals surface area contributed by atoms with Gasteiger partial charge in [-0.1, -0.05) is 55.5 Å². The molecule has 3 aromatic rings. The van der Waals surface area contributed by atoms with Crippen molar-refractivity contribution in [1.29, 1.82) is 0 Å². The van der Waals surface area contributed by atoms with Gasteiger partial charge in [-0.05, 0) is 42.6 Å². The first-order chi connectivity index (χ1) is 13.9. The SMILES string of the molecule is CC(C)CNCc1cccc(CCNC[C@H](O)c2ccc(O)c3[nH]c(=O)sc23)c1. The summed E-state index contributed by atoms with van der Waals surface area (Å²) in [5, 5.41) is 27.2. The van der Waals surface area contributed by atoms with Crippen LogP contribution >= 0.6 is 11.3 Å². The molecule has 1 atom stereocenters. The molecule has 0 unspecified atom stereocenters. The molecule has 0 fully saturated rings. The number of aromatic amines is 1. The van der Waals surface area contributed by atoms with Gasteiger partial charge in [-0.15, -0.1) is 0 Å². The molecule has 156 valence electrons. The summed E-state index contributed by atoms with van der Waals surface area (Å²) in [5.41, 5.74) is 3.56. The summed E-state index contributed by atoms with van der Waals surface area (Å²) in [5.74, 6) is 0.654. The molecule has 0 saturated heterocycles. The molecule has 1 aromatic heterocycles. The van der Waals surface area contributed by atoms with Gasteiger partial charge in [0.2, 0.25) is 0 Å². The number of aliphatic hydroxyl groups excluding tert-OH is 1. The summed E-state index contributed by atoms with van der Waals surface area (Å²) in [6, 6.07) is 11.7.